The van der Waals surface area contributed by atoms with Crippen molar-refractivity contribution in [1.29, 1.82) is 0 Å². The molecule has 1 atom stereocenters. The van der Waals surface area contributed by atoms with Crippen LogP contribution in [0.2, 0.25) is 0 Å². The van der Waals surface area contributed by atoms with Crippen molar-refractivity contribution in [3.05, 3.63) is 104 Å². The highest BCUT2D eigenvalue weighted by molar-refractivity contribution is 5.99. The molecule has 0 spiro atoms. The number of ether oxygens (including phenoxy) is 2. The van der Waals surface area contributed by atoms with E-state index < -0.39 is 6.04 Å². The number of fused-ring (bicyclic) bond motifs is 2. The lowest BCUT2D eigenvalue weighted by Crippen LogP contribution is -2.29. The Hall–Kier alpha value is -4.06. The first-order valence-corrected chi connectivity index (χ1v) is 12.7. The van der Waals surface area contributed by atoms with Crippen LogP contribution in [0.5, 0.6) is 11.5 Å². The van der Waals surface area contributed by atoms with Crippen LogP contribution in [0.15, 0.2) is 63.8 Å². The fourth-order valence-corrected chi connectivity index (χ4v) is 5.15. The van der Waals surface area contributed by atoms with Crippen molar-refractivity contribution in [3.8, 4) is 11.5 Å². The van der Waals surface area contributed by atoms with E-state index in [-0.39, 0.29) is 17.1 Å². The average molecular weight is 498 g/mol. The average Bonchev–Trinajstić information content (AvgIpc) is 3.13. The van der Waals surface area contributed by atoms with Crippen molar-refractivity contribution in [2.75, 3.05) is 13.2 Å². The molecular weight excluding hydrogens is 466 g/mol. The first-order valence-electron chi connectivity index (χ1n) is 12.7. The summed E-state index contributed by atoms with van der Waals surface area (Å²) in [5.74, 6) is 1.01. The van der Waals surface area contributed by atoms with Crippen LogP contribution in [-0.4, -0.2) is 24.0 Å². The summed E-state index contributed by atoms with van der Waals surface area (Å²) >= 11 is 0. The second-order valence-corrected chi connectivity index (χ2v) is 9.52. The Morgan fingerprint density at radius 1 is 0.838 bits per heavy atom. The Morgan fingerprint density at radius 3 is 2.24 bits per heavy atom. The Balaban J connectivity index is 1.73. The van der Waals surface area contributed by atoms with Crippen molar-refractivity contribution in [2.45, 2.75) is 47.2 Å². The number of hydrogen-bond donors (Lipinski definition) is 0. The molecule has 190 valence electrons. The highest BCUT2D eigenvalue weighted by atomic mass is 16.5. The van der Waals surface area contributed by atoms with E-state index >= 15 is 0 Å². The van der Waals surface area contributed by atoms with Crippen LogP contribution in [0.3, 0.4) is 0 Å². The maximum absolute atomic E-state index is 14.0. The third kappa shape index (κ3) is 4.37. The number of carbonyl (C=O) groups excluding carboxylic acids is 1. The van der Waals surface area contributed by atoms with Gasteiger partial charge in [0.1, 0.15) is 5.58 Å². The highest BCUT2D eigenvalue weighted by Crippen LogP contribution is 2.42. The predicted octanol–water partition coefficient (Wildman–Crippen LogP) is 6.26. The van der Waals surface area contributed by atoms with Gasteiger partial charge in [-0.1, -0.05) is 42.0 Å². The summed E-state index contributed by atoms with van der Waals surface area (Å²) in [5.41, 5.74) is 5.30. The highest BCUT2D eigenvalue weighted by Gasteiger charge is 2.43. The molecule has 0 saturated carbocycles. The van der Waals surface area contributed by atoms with Gasteiger partial charge in [0.2, 0.25) is 5.76 Å². The minimum absolute atomic E-state index is 0.103. The Kier molecular flexibility index (Phi) is 6.50. The van der Waals surface area contributed by atoms with Gasteiger partial charge in [0.05, 0.1) is 30.2 Å². The SMILES string of the molecule is CCOc1ccc(C2c3c(oc4cc(C)cc(C)c4c3=O)C(=O)N2Cc2ccc(C)cc2)cc1OCC. The molecule has 37 heavy (non-hydrogen) atoms. The molecule has 0 aliphatic carbocycles. The third-order valence-electron chi connectivity index (χ3n) is 6.77. The molecule has 1 aliphatic rings. The maximum atomic E-state index is 14.0. The van der Waals surface area contributed by atoms with E-state index in [0.29, 0.717) is 47.8 Å². The molecule has 1 aliphatic heterocycles. The van der Waals surface area contributed by atoms with E-state index in [1.54, 1.807) is 4.90 Å². The summed E-state index contributed by atoms with van der Waals surface area (Å²) in [5, 5.41) is 0.510. The Morgan fingerprint density at radius 2 is 1.54 bits per heavy atom. The number of carbonyl (C=O) groups is 1. The Labute approximate surface area is 216 Å². The number of amides is 1. The fourth-order valence-electron chi connectivity index (χ4n) is 5.15. The van der Waals surface area contributed by atoms with Crippen LogP contribution in [-0.2, 0) is 6.54 Å². The van der Waals surface area contributed by atoms with Crippen LogP contribution in [0.25, 0.3) is 11.0 Å². The maximum Gasteiger partial charge on any atom is 0.291 e. The number of aryl methyl sites for hydroxylation is 3. The molecule has 6 heteroatoms. The van der Waals surface area contributed by atoms with Crippen molar-refractivity contribution in [3.63, 3.8) is 0 Å². The summed E-state index contributed by atoms with van der Waals surface area (Å²) < 4.78 is 17.8. The zero-order valence-electron chi connectivity index (χ0n) is 21.9. The molecule has 1 unspecified atom stereocenters. The standard InChI is InChI=1S/C31H31NO5/c1-6-35-23-13-12-22(16-24(23)36-7-2)28-27-29(33)26-20(5)14-19(4)15-25(26)37-30(27)31(34)32(28)17-21-10-8-18(3)9-11-21/h8-16,28H,6-7,17H2,1-5H3. The molecule has 0 fully saturated rings. The molecule has 3 aromatic carbocycles. The van der Waals surface area contributed by atoms with Gasteiger partial charge in [-0.15, -0.1) is 0 Å². The summed E-state index contributed by atoms with van der Waals surface area (Å²) in [6.45, 7) is 11.0. The van der Waals surface area contributed by atoms with E-state index in [1.807, 2.05) is 89.2 Å². The van der Waals surface area contributed by atoms with E-state index in [2.05, 4.69) is 0 Å². The molecule has 4 aromatic rings. The molecule has 0 radical (unpaired) electrons. The smallest absolute Gasteiger partial charge is 0.291 e. The molecule has 0 saturated heterocycles. The normalized spacial score (nSPS) is 14.8. The number of hydrogen-bond acceptors (Lipinski definition) is 5. The van der Waals surface area contributed by atoms with Gasteiger partial charge in [-0.25, -0.2) is 0 Å². The summed E-state index contributed by atoms with van der Waals surface area (Å²) in [6.07, 6.45) is 0. The van der Waals surface area contributed by atoms with Gasteiger partial charge in [0, 0.05) is 6.54 Å². The number of rotatable bonds is 7. The molecule has 5 rings (SSSR count). The topological polar surface area (TPSA) is 69.0 Å². The summed E-state index contributed by atoms with van der Waals surface area (Å²) in [6, 6.07) is 16.8. The minimum Gasteiger partial charge on any atom is -0.490 e. The first kappa shape index (κ1) is 24.6. The van der Waals surface area contributed by atoms with Crippen LogP contribution in [0.1, 0.15) is 63.8 Å². The summed E-state index contributed by atoms with van der Waals surface area (Å²) in [4.78, 5) is 29.6. The van der Waals surface area contributed by atoms with Crippen LogP contribution in [0.4, 0.5) is 0 Å². The summed E-state index contributed by atoms with van der Waals surface area (Å²) in [7, 11) is 0. The van der Waals surface area contributed by atoms with Gasteiger partial charge in [-0.05, 0) is 75.1 Å². The minimum atomic E-state index is -0.625. The molecule has 1 aromatic heterocycles. The van der Waals surface area contributed by atoms with E-state index in [1.165, 1.54) is 0 Å². The monoisotopic (exact) mass is 497 g/mol. The van der Waals surface area contributed by atoms with E-state index in [0.717, 1.165) is 27.8 Å². The molecule has 1 amide bonds. The number of nitrogens with zero attached hydrogens (tertiary/aromatic N) is 1. The molecule has 2 heterocycles. The largest absolute Gasteiger partial charge is 0.490 e. The van der Waals surface area contributed by atoms with Crippen molar-refractivity contribution in [2.24, 2.45) is 0 Å². The van der Waals surface area contributed by atoms with E-state index in [4.69, 9.17) is 13.9 Å². The fraction of sp³-hybridized carbons (Fsp3) is 0.290. The van der Waals surface area contributed by atoms with Gasteiger partial charge in [0.25, 0.3) is 5.91 Å². The second-order valence-electron chi connectivity index (χ2n) is 9.52. The quantitative estimate of drug-likeness (QED) is 0.301. The van der Waals surface area contributed by atoms with Gasteiger partial charge < -0.3 is 18.8 Å². The molecule has 0 N–H and O–H groups in total. The van der Waals surface area contributed by atoms with E-state index in [9.17, 15) is 9.59 Å². The van der Waals surface area contributed by atoms with Gasteiger partial charge >= 0.3 is 0 Å². The lowest BCUT2D eigenvalue weighted by atomic mass is 9.96. The van der Waals surface area contributed by atoms with Crippen LogP contribution in [0, 0.1) is 20.8 Å². The van der Waals surface area contributed by atoms with Crippen LogP contribution >= 0.6 is 0 Å². The Bertz CT molecular complexity index is 1550. The lowest BCUT2D eigenvalue weighted by molar-refractivity contribution is 0.0714. The number of benzene rings is 3. The third-order valence-corrected chi connectivity index (χ3v) is 6.77. The first-order chi connectivity index (χ1) is 17.8. The predicted molar refractivity (Wildman–Crippen MR) is 144 cm³/mol. The van der Waals surface area contributed by atoms with Crippen molar-refractivity contribution >= 4 is 16.9 Å². The molecule has 6 nitrogen and oxygen atoms in total. The zero-order chi connectivity index (χ0) is 26.3. The molecular formula is C31H31NO5. The van der Waals surface area contributed by atoms with Gasteiger partial charge in [-0.3, -0.25) is 9.59 Å². The lowest BCUT2D eigenvalue weighted by Gasteiger charge is -2.26. The van der Waals surface area contributed by atoms with Crippen molar-refractivity contribution < 1.29 is 18.7 Å². The van der Waals surface area contributed by atoms with Crippen molar-refractivity contribution in [1.82, 2.24) is 4.90 Å². The second kappa shape index (κ2) is 9.77. The zero-order valence-corrected chi connectivity index (χ0v) is 21.9. The molecule has 0 bridgehead atoms. The van der Waals surface area contributed by atoms with Gasteiger partial charge in [-0.2, -0.15) is 0 Å². The van der Waals surface area contributed by atoms with Gasteiger partial charge in [0.15, 0.2) is 16.9 Å². The van der Waals surface area contributed by atoms with Crippen LogP contribution < -0.4 is 14.9 Å².